The number of carbonyl (C=O) groups is 3. The van der Waals surface area contributed by atoms with Gasteiger partial charge in [-0.2, -0.15) is 0 Å². The first-order valence-electron chi connectivity index (χ1n) is 29.2. The fourth-order valence-corrected chi connectivity index (χ4v) is 8.85. The van der Waals surface area contributed by atoms with Crippen molar-refractivity contribution in [1.29, 1.82) is 0 Å². The minimum atomic E-state index is -0.767. The largest absolute Gasteiger partial charge is 0.462 e. The fourth-order valence-electron chi connectivity index (χ4n) is 8.85. The summed E-state index contributed by atoms with van der Waals surface area (Å²) in [7, 11) is 0. The number of esters is 3. The van der Waals surface area contributed by atoms with Crippen LogP contribution in [0.4, 0.5) is 0 Å². The second-order valence-corrected chi connectivity index (χ2v) is 19.9. The molecule has 0 saturated heterocycles. The number of unbranched alkanes of at least 4 members (excludes halogenated alkanes) is 41. The van der Waals surface area contributed by atoms with Crippen molar-refractivity contribution in [1.82, 2.24) is 0 Å². The average molecular weight is 918 g/mol. The van der Waals surface area contributed by atoms with Crippen molar-refractivity contribution >= 4 is 17.9 Å². The Morgan fingerprint density at radius 1 is 0.292 bits per heavy atom. The van der Waals surface area contributed by atoms with Gasteiger partial charge in [0.05, 0.1) is 0 Å². The van der Waals surface area contributed by atoms with Crippen molar-refractivity contribution in [2.24, 2.45) is 0 Å². The predicted octanol–water partition coefficient (Wildman–Crippen LogP) is 19.3. The summed E-state index contributed by atoms with van der Waals surface area (Å²) < 4.78 is 16.9. The van der Waals surface area contributed by atoms with E-state index in [1.54, 1.807) is 0 Å². The Balaban J connectivity index is 4.29. The van der Waals surface area contributed by atoms with Gasteiger partial charge in [0.25, 0.3) is 0 Å². The lowest BCUT2D eigenvalue weighted by atomic mass is 10.0. The highest BCUT2D eigenvalue weighted by Crippen LogP contribution is 2.17. The van der Waals surface area contributed by atoms with Crippen LogP contribution in [-0.2, 0) is 28.6 Å². The van der Waals surface area contributed by atoms with Crippen LogP contribution in [0.3, 0.4) is 0 Å². The molecule has 0 aliphatic rings. The lowest BCUT2D eigenvalue weighted by molar-refractivity contribution is -0.167. The van der Waals surface area contributed by atoms with Gasteiger partial charge < -0.3 is 14.2 Å². The molecule has 0 fully saturated rings. The van der Waals surface area contributed by atoms with Gasteiger partial charge in [0.1, 0.15) is 13.2 Å². The maximum Gasteiger partial charge on any atom is 0.306 e. The molecular weight excluding hydrogens is 805 g/mol. The molecule has 1 atom stereocenters. The standard InChI is InChI=1S/C59H112O6/c1-4-7-10-13-16-19-22-25-27-28-29-30-32-35-38-41-44-47-50-53-59(62)65-56(54-63-57(60)51-48-45-42-39-36-33-24-21-18-15-12-9-6-3)55-64-58(61)52-49-46-43-40-37-34-31-26-23-20-17-14-11-8-5-2/h21,24,56H,4-20,22-23,25-55H2,1-3H3/b24-21-/t56-/m1/s1. The minimum absolute atomic E-state index is 0.0665. The van der Waals surface area contributed by atoms with E-state index in [-0.39, 0.29) is 31.1 Å². The topological polar surface area (TPSA) is 78.9 Å². The molecule has 0 heterocycles. The molecule has 6 nitrogen and oxygen atoms in total. The molecule has 6 heteroatoms. The highest BCUT2D eigenvalue weighted by atomic mass is 16.6. The van der Waals surface area contributed by atoms with Crippen LogP contribution in [0.2, 0.25) is 0 Å². The van der Waals surface area contributed by atoms with E-state index < -0.39 is 6.10 Å². The summed E-state index contributed by atoms with van der Waals surface area (Å²) in [5, 5.41) is 0. The van der Waals surface area contributed by atoms with E-state index in [1.807, 2.05) is 0 Å². The molecule has 0 rings (SSSR count). The first kappa shape index (κ1) is 63.1. The van der Waals surface area contributed by atoms with E-state index in [4.69, 9.17) is 14.2 Å². The second kappa shape index (κ2) is 54.8. The molecule has 0 aromatic rings. The van der Waals surface area contributed by atoms with Gasteiger partial charge in [-0.1, -0.05) is 277 Å². The molecule has 0 N–H and O–H groups in total. The Morgan fingerprint density at radius 3 is 0.785 bits per heavy atom. The van der Waals surface area contributed by atoms with E-state index in [2.05, 4.69) is 32.9 Å². The Labute approximate surface area is 405 Å². The molecule has 0 aliphatic carbocycles. The SMILES string of the molecule is CCCCCC/C=C\CCCCCCCC(=O)OC[C@H](COC(=O)CCCCCCCCCCCCCCCCC)OC(=O)CCCCCCCCCCCCCCCCCCCCC. The summed E-state index contributed by atoms with van der Waals surface area (Å²) in [5.74, 6) is -0.851. The third-order valence-corrected chi connectivity index (χ3v) is 13.3. The summed E-state index contributed by atoms with van der Waals surface area (Å²) in [6.45, 7) is 6.68. The van der Waals surface area contributed by atoms with Crippen molar-refractivity contribution in [2.45, 2.75) is 335 Å². The first-order valence-corrected chi connectivity index (χ1v) is 29.2. The Kier molecular flexibility index (Phi) is 53.2. The van der Waals surface area contributed by atoms with Gasteiger partial charge in [-0.3, -0.25) is 14.4 Å². The summed E-state index contributed by atoms with van der Waals surface area (Å²) in [6.07, 6.45) is 62.0. The number of hydrogen-bond donors (Lipinski definition) is 0. The molecule has 384 valence electrons. The molecule has 0 radical (unpaired) electrons. The molecule has 0 aromatic carbocycles. The van der Waals surface area contributed by atoms with Crippen molar-refractivity contribution < 1.29 is 28.6 Å². The van der Waals surface area contributed by atoms with Gasteiger partial charge in [-0.15, -0.1) is 0 Å². The van der Waals surface area contributed by atoms with Crippen LogP contribution in [0.15, 0.2) is 12.2 Å². The summed E-state index contributed by atoms with van der Waals surface area (Å²) in [5.41, 5.74) is 0. The molecule has 65 heavy (non-hydrogen) atoms. The number of hydrogen-bond acceptors (Lipinski definition) is 6. The molecule has 0 bridgehead atoms. The van der Waals surface area contributed by atoms with Crippen LogP contribution in [0, 0.1) is 0 Å². The maximum atomic E-state index is 12.9. The number of rotatable bonds is 54. The lowest BCUT2D eigenvalue weighted by Crippen LogP contribution is -2.30. The van der Waals surface area contributed by atoms with Crippen LogP contribution < -0.4 is 0 Å². The zero-order valence-corrected chi connectivity index (χ0v) is 44.0. The number of ether oxygens (including phenoxy) is 3. The lowest BCUT2D eigenvalue weighted by Gasteiger charge is -2.18. The smallest absolute Gasteiger partial charge is 0.306 e. The van der Waals surface area contributed by atoms with Crippen LogP contribution in [0.1, 0.15) is 329 Å². The summed E-state index contributed by atoms with van der Waals surface area (Å²) in [6, 6.07) is 0. The van der Waals surface area contributed by atoms with Gasteiger partial charge in [0.2, 0.25) is 0 Å². The first-order chi connectivity index (χ1) is 32.0. The quantitative estimate of drug-likeness (QED) is 0.0262. The maximum absolute atomic E-state index is 12.9. The monoisotopic (exact) mass is 917 g/mol. The number of allylic oxidation sites excluding steroid dienone is 2. The average Bonchev–Trinajstić information content (AvgIpc) is 3.30. The van der Waals surface area contributed by atoms with Crippen LogP contribution in [0.5, 0.6) is 0 Å². The zero-order valence-electron chi connectivity index (χ0n) is 44.0. The van der Waals surface area contributed by atoms with E-state index in [9.17, 15) is 14.4 Å². The molecule has 0 spiro atoms. The van der Waals surface area contributed by atoms with Crippen LogP contribution in [-0.4, -0.2) is 37.2 Å². The van der Waals surface area contributed by atoms with Gasteiger partial charge >= 0.3 is 17.9 Å². The van der Waals surface area contributed by atoms with Gasteiger partial charge in [0, 0.05) is 19.3 Å². The molecule has 0 aliphatic heterocycles. The van der Waals surface area contributed by atoms with Crippen molar-refractivity contribution in [2.75, 3.05) is 13.2 Å². The Morgan fingerprint density at radius 2 is 0.508 bits per heavy atom. The Bertz CT molecular complexity index is 1010. The number of carbonyl (C=O) groups excluding carboxylic acids is 3. The third-order valence-electron chi connectivity index (χ3n) is 13.3. The van der Waals surface area contributed by atoms with Crippen molar-refractivity contribution in [3.05, 3.63) is 12.2 Å². The normalized spacial score (nSPS) is 12.0. The van der Waals surface area contributed by atoms with E-state index in [1.165, 1.54) is 225 Å². The molecule has 0 unspecified atom stereocenters. The molecule has 0 amide bonds. The molecular formula is C59H112O6. The highest BCUT2D eigenvalue weighted by Gasteiger charge is 2.19. The van der Waals surface area contributed by atoms with Crippen molar-refractivity contribution in [3.8, 4) is 0 Å². The fraction of sp³-hybridized carbons (Fsp3) is 0.915. The Hall–Kier alpha value is -1.85. The van der Waals surface area contributed by atoms with Gasteiger partial charge in [-0.05, 0) is 44.9 Å². The van der Waals surface area contributed by atoms with E-state index in [0.29, 0.717) is 19.3 Å². The van der Waals surface area contributed by atoms with Gasteiger partial charge in [0.15, 0.2) is 6.10 Å². The summed E-state index contributed by atoms with van der Waals surface area (Å²) in [4.78, 5) is 38.1. The predicted molar refractivity (Wildman–Crippen MR) is 280 cm³/mol. The second-order valence-electron chi connectivity index (χ2n) is 19.9. The minimum Gasteiger partial charge on any atom is -0.462 e. The van der Waals surface area contributed by atoms with Crippen LogP contribution >= 0.6 is 0 Å². The van der Waals surface area contributed by atoms with E-state index >= 15 is 0 Å². The molecule has 0 saturated carbocycles. The zero-order chi connectivity index (χ0) is 47.2. The highest BCUT2D eigenvalue weighted by molar-refractivity contribution is 5.71. The van der Waals surface area contributed by atoms with E-state index in [0.717, 1.165) is 64.2 Å². The van der Waals surface area contributed by atoms with Crippen LogP contribution in [0.25, 0.3) is 0 Å². The molecule has 0 aromatic heterocycles. The third kappa shape index (κ3) is 53.0. The van der Waals surface area contributed by atoms with Crippen molar-refractivity contribution in [3.63, 3.8) is 0 Å². The van der Waals surface area contributed by atoms with Gasteiger partial charge in [-0.25, -0.2) is 0 Å². The summed E-state index contributed by atoms with van der Waals surface area (Å²) >= 11 is 0.